The number of nitrogens with zero attached hydrogens (tertiary/aromatic N) is 1. The Morgan fingerprint density at radius 1 is 0.939 bits per heavy atom. The first-order valence-corrected chi connectivity index (χ1v) is 11.8. The van der Waals surface area contributed by atoms with E-state index in [1.807, 2.05) is 13.8 Å². The number of hydrogen-bond acceptors (Lipinski definition) is 5. The van der Waals surface area contributed by atoms with Gasteiger partial charge in [0.15, 0.2) is 0 Å². The van der Waals surface area contributed by atoms with E-state index in [0.717, 1.165) is 11.1 Å². The van der Waals surface area contributed by atoms with Gasteiger partial charge >= 0.3 is 0 Å². The highest BCUT2D eigenvalue weighted by Crippen LogP contribution is 2.17. The molecule has 4 aromatic rings. The molecule has 0 fully saturated rings. The number of amides is 1. The molecule has 33 heavy (non-hydrogen) atoms. The number of sulfonamides is 1. The van der Waals surface area contributed by atoms with Gasteiger partial charge in [0.2, 0.25) is 5.55 Å². The summed E-state index contributed by atoms with van der Waals surface area (Å²) in [6.45, 7) is 3.71. The van der Waals surface area contributed by atoms with Crippen LogP contribution in [0.15, 0.2) is 87.2 Å². The van der Waals surface area contributed by atoms with Crippen molar-refractivity contribution in [2.75, 3.05) is 5.32 Å². The number of benzene rings is 3. The van der Waals surface area contributed by atoms with Crippen molar-refractivity contribution in [2.24, 2.45) is 5.10 Å². The van der Waals surface area contributed by atoms with Crippen molar-refractivity contribution < 1.29 is 17.6 Å². The van der Waals surface area contributed by atoms with Crippen molar-refractivity contribution in [3.63, 3.8) is 0 Å². The van der Waals surface area contributed by atoms with Gasteiger partial charge in [-0.2, -0.15) is 13.2 Å². The van der Waals surface area contributed by atoms with Gasteiger partial charge in [0.05, 0.1) is 4.90 Å². The molecule has 0 bridgehead atoms. The second kappa shape index (κ2) is 9.09. The summed E-state index contributed by atoms with van der Waals surface area (Å²) in [6.07, 6.45) is 0. The quantitative estimate of drug-likeness (QED) is 0.402. The standard InChI is InChI=1S/C24H20ClN3O4S/c1-15-7-12-20(13-16(15)2)33(30,31)28-27-24-21(14-17-5-3-4-6-22(17)32-24)23(29)26-19-10-8-18(25)9-11-19/h3-14,28H,1-2H3,(H,26,29)/b27-24+. The van der Waals surface area contributed by atoms with Crippen LogP contribution in [0, 0.1) is 13.8 Å². The molecule has 0 saturated carbocycles. The Kier molecular flexibility index (Phi) is 6.22. The number of nitrogens with one attached hydrogen (secondary N) is 2. The van der Waals surface area contributed by atoms with Crippen LogP contribution >= 0.6 is 11.6 Å². The lowest BCUT2D eigenvalue weighted by Gasteiger charge is -2.08. The lowest BCUT2D eigenvalue weighted by atomic mass is 10.1. The Bertz CT molecular complexity index is 1530. The molecule has 4 rings (SSSR count). The molecule has 0 radical (unpaired) electrons. The molecular weight excluding hydrogens is 462 g/mol. The summed E-state index contributed by atoms with van der Waals surface area (Å²) < 4.78 is 31.3. The lowest BCUT2D eigenvalue weighted by Crippen LogP contribution is -2.27. The molecule has 0 aliphatic rings. The van der Waals surface area contributed by atoms with Gasteiger partial charge in [-0.1, -0.05) is 35.9 Å². The zero-order valence-electron chi connectivity index (χ0n) is 17.8. The Balaban J connectivity index is 1.75. The summed E-state index contributed by atoms with van der Waals surface area (Å²) in [5.74, 6) is -0.518. The molecule has 0 unspecified atom stereocenters. The van der Waals surface area contributed by atoms with E-state index in [2.05, 4.69) is 15.2 Å². The molecule has 0 aliphatic heterocycles. The van der Waals surface area contributed by atoms with E-state index in [-0.39, 0.29) is 16.0 Å². The predicted octanol–water partition coefficient (Wildman–Crippen LogP) is 4.75. The number of aryl methyl sites for hydroxylation is 2. The number of halogens is 1. The number of anilines is 1. The number of para-hydroxylation sites is 1. The minimum absolute atomic E-state index is 0.0577. The third-order valence-electron chi connectivity index (χ3n) is 5.06. The highest BCUT2D eigenvalue weighted by molar-refractivity contribution is 7.89. The van der Waals surface area contributed by atoms with E-state index >= 15 is 0 Å². The normalized spacial score (nSPS) is 12.0. The van der Waals surface area contributed by atoms with E-state index < -0.39 is 15.9 Å². The molecule has 1 heterocycles. The molecule has 0 saturated heterocycles. The zero-order chi connectivity index (χ0) is 23.6. The van der Waals surface area contributed by atoms with E-state index in [0.29, 0.717) is 21.7 Å². The molecule has 1 aromatic heterocycles. The Hall–Kier alpha value is -3.62. The van der Waals surface area contributed by atoms with Crippen molar-refractivity contribution in [3.05, 3.63) is 100 Å². The van der Waals surface area contributed by atoms with E-state index in [1.165, 1.54) is 6.07 Å². The van der Waals surface area contributed by atoms with Crippen molar-refractivity contribution in [2.45, 2.75) is 18.7 Å². The minimum atomic E-state index is -3.98. The Labute approximate surface area is 195 Å². The van der Waals surface area contributed by atoms with Gasteiger partial charge in [-0.15, -0.1) is 5.10 Å². The van der Waals surface area contributed by atoms with Crippen LogP contribution < -0.4 is 15.7 Å². The molecular formula is C24H20ClN3O4S. The maximum absolute atomic E-state index is 13.0. The second-order valence-electron chi connectivity index (χ2n) is 7.42. The molecule has 168 valence electrons. The van der Waals surface area contributed by atoms with Gasteiger partial charge < -0.3 is 9.73 Å². The molecule has 9 heteroatoms. The van der Waals surface area contributed by atoms with Crippen LogP contribution in [-0.2, 0) is 10.0 Å². The van der Waals surface area contributed by atoms with Gasteiger partial charge in [0.1, 0.15) is 11.1 Å². The molecule has 0 spiro atoms. The van der Waals surface area contributed by atoms with E-state index in [1.54, 1.807) is 66.7 Å². The Morgan fingerprint density at radius 3 is 2.39 bits per heavy atom. The van der Waals surface area contributed by atoms with Crippen molar-refractivity contribution >= 4 is 44.2 Å². The molecule has 2 N–H and O–H groups in total. The monoisotopic (exact) mass is 481 g/mol. The summed E-state index contributed by atoms with van der Waals surface area (Å²) in [7, 11) is -3.98. The fourth-order valence-electron chi connectivity index (χ4n) is 3.08. The average molecular weight is 482 g/mol. The molecule has 1 amide bonds. The number of fused-ring (bicyclic) bond motifs is 1. The number of rotatable bonds is 5. The topological polar surface area (TPSA) is 101 Å². The summed E-state index contributed by atoms with van der Waals surface area (Å²) in [5, 5.41) is 7.88. The van der Waals surface area contributed by atoms with Crippen molar-refractivity contribution in [3.8, 4) is 0 Å². The molecule has 0 atom stereocenters. The van der Waals surface area contributed by atoms with Crippen LogP contribution in [0.5, 0.6) is 0 Å². The third-order valence-corrected chi connectivity index (χ3v) is 6.52. The number of carbonyl (C=O) groups excluding carboxylic acids is 1. The summed E-state index contributed by atoms with van der Waals surface area (Å²) in [4.78, 5) is 15.2. The summed E-state index contributed by atoms with van der Waals surface area (Å²) in [5.41, 5.74) is 2.65. The van der Waals surface area contributed by atoms with Crippen LogP contribution in [0.25, 0.3) is 11.0 Å². The van der Waals surface area contributed by atoms with Gasteiger partial charge in [-0.25, -0.2) is 0 Å². The average Bonchev–Trinajstić information content (AvgIpc) is 2.80. The minimum Gasteiger partial charge on any atom is -0.436 e. The largest absolute Gasteiger partial charge is 0.436 e. The highest BCUT2D eigenvalue weighted by atomic mass is 35.5. The maximum atomic E-state index is 13.0. The van der Waals surface area contributed by atoms with Crippen LogP contribution in [0.1, 0.15) is 21.5 Å². The zero-order valence-corrected chi connectivity index (χ0v) is 19.4. The van der Waals surface area contributed by atoms with Crippen molar-refractivity contribution in [1.29, 1.82) is 0 Å². The fourth-order valence-corrected chi connectivity index (χ4v) is 4.10. The SMILES string of the molecule is Cc1ccc(S(=O)(=O)N/N=c2/oc3ccccc3cc2C(=O)Nc2ccc(Cl)cc2)cc1C. The molecule has 0 aliphatic carbocycles. The summed E-state index contributed by atoms with van der Waals surface area (Å²) >= 11 is 5.90. The third kappa shape index (κ3) is 5.08. The first kappa shape index (κ1) is 22.6. The van der Waals surface area contributed by atoms with Gasteiger partial charge in [-0.3, -0.25) is 4.79 Å². The fraction of sp³-hybridized carbons (Fsp3) is 0.0833. The van der Waals surface area contributed by atoms with Gasteiger partial charge in [0.25, 0.3) is 15.9 Å². The number of hydrogen-bond donors (Lipinski definition) is 2. The predicted molar refractivity (Wildman–Crippen MR) is 127 cm³/mol. The Morgan fingerprint density at radius 2 is 1.67 bits per heavy atom. The molecule has 3 aromatic carbocycles. The number of carbonyl (C=O) groups is 1. The lowest BCUT2D eigenvalue weighted by molar-refractivity contribution is 0.102. The first-order valence-electron chi connectivity index (χ1n) is 9.95. The van der Waals surface area contributed by atoms with Gasteiger partial charge in [-0.05, 0) is 73.5 Å². The summed E-state index contributed by atoms with van der Waals surface area (Å²) in [6, 6.07) is 20.0. The van der Waals surface area contributed by atoms with E-state index in [9.17, 15) is 13.2 Å². The van der Waals surface area contributed by atoms with Crippen LogP contribution in [0.4, 0.5) is 5.69 Å². The highest BCUT2D eigenvalue weighted by Gasteiger charge is 2.17. The van der Waals surface area contributed by atoms with Gasteiger partial charge in [0, 0.05) is 16.1 Å². The van der Waals surface area contributed by atoms with Crippen LogP contribution in [-0.4, -0.2) is 14.3 Å². The van der Waals surface area contributed by atoms with E-state index in [4.69, 9.17) is 16.0 Å². The van der Waals surface area contributed by atoms with Crippen LogP contribution in [0.3, 0.4) is 0 Å². The first-order chi connectivity index (χ1) is 15.7. The molecule has 7 nitrogen and oxygen atoms in total. The smallest absolute Gasteiger partial charge is 0.276 e. The maximum Gasteiger partial charge on any atom is 0.276 e. The van der Waals surface area contributed by atoms with Crippen LogP contribution in [0.2, 0.25) is 5.02 Å². The second-order valence-corrected chi connectivity index (χ2v) is 9.51. The van der Waals surface area contributed by atoms with Crippen molar-refractivity contribution in [1.82, 2.24) is 4.83 Å².